The molecule has 0 saturated carbocycles. The number of hydrogen-bond donors (Lipinski definition) is 2. The number of nitrogens with zero attached hydrogens (tertiary/aromatic N) is 2. The number of aliphatic hydroxyl groups is 1. The Kier molecular flexibility index (Phi) is 5.95. The van der Waals surface area contributed by atoms with E-state index >= 15 is 0 Å². The number of carbonyl (C=O) groups excluding carboxylic acids is 2. The van der Waals surface area contributed by atoms with E-state index in [1.54, 1.807) is 12.1 Å². The second-order valence-electron chi connectivity index (χ2n) is 7.94. The van der Waals surface area contributed by atoms with Gasteiger partial charge < -0.3 is 20.6 Å². The van der Waals surface area contributed by atoms with Gasteiger partial charge in [-0.2, -0.15) is 0 Å². The first-order valence-electron chi connectivity index (χ1n) is 10.7. The summed E-state index contributed by atoms with van der Waals surface area (Å²) < 4.78 is 0. The number of rotatable bonds is 7. The van der Waals surface area contributed by atoms with Crippen LogP contribution in [-0.2, 0) is 10.4 Å². The van der Waals surface area contributed by atoms with Gasteiger partial charge in [0.25, 0.3) is 5.91 Å². The zero-order valence-corrected chi connectivity index (χ0v) is 18.9. The van der Waals surface area contributed by atoms with Crippen LogP contribution >= 0.6 is 11.6 Å². The van der Waals surface area contributed by atoms with E-state index in [2.05, 4.69) is 18.7 Å². The Hall–Kier alpha value is -2.93. The SMILES string of the molecule is CCN(CC)CCN1C(=O)C(O)(c2cccc3ccccc23)c2c(Cl)cc(C(N)=O)cc21. The number of carbonyl (C=O) groups is 2. The second kappa shape index (κ2) is 8.54. The van der Waals surface area contributed by atoms with Crippen LogP contribution in [0.5, 0.6) is 0 Å². The Labute approximate surface area is 192 Å². The molecule has 0 saturated heterocycles. The van der Waals surface area contributed by atoms with Gasteiger partial charge in [0.05, 0.1) is 10.7 Å². The summed E-state index contributed by atoms with van der Waals surface area (Å²) in [5, 5.41) is 13.8. The number of fused-ring (bicyclic) bond motifs is 2. The van der Waals surface area contributed by atoms with E-state index in [4.69, 9.17) is 17.3 Å². The van der Waals surface area contributed by atoms with E-state index in [1.807, 2.05) is 36.4 Å². The van der Waals surface area contributed by atoms with Crippen LogP contribution in [0.4, 0.5) is 5.69 Å². The van der Waals surface area contributed by atoms with Crippen LogP contribution < -0.4 is 10.6 Å². The third-order valence-corrected chi connectivity index (χ3v) is 6.57. The van der Waals surface area contributed by atoms with Crippen LogP contribution in [-0.4, -0.2) is 48.0 Å². The zero-order chi connectivity index (χ0) is 23.0. The molecule has 166 valence electrons. The molecule has 0 aliphatic carbocycles. The largest absolute Gasteiger partial charge is 0.372 e. The molecule has 32 heavy (non-hydrogen) atoms. The lowest BCUT2D eigenvalue weighted by molar-refractivity contribution is -0.132. The summed E-state index contributed by atoms with van der Waals surface area (Å²) in [5.74, 6) is -1.13. The van der Waals surface area contributed by atoms with Crippen molar-refractivity contribution >= 4 is 39.9 Å². The van der Waals surface area contributed by atoms with Crippen LogP contribution in [0.25, 0.3) is 10.8 Å². The molecule has 0 spiro atoms. The molecule has 1 heterocycles. The van der Waals surface area contributed by atoms with E-state index in [0.29, 0.717) is 24.3 Å². The molecule has 4 rings (SSSR count). The van der Waals surface area contributed by atoms with E-state index in [-0.39, 0.29) is 16.1 Å². The highest BCUT2D eigenvalue weighted by molar-refractivity contribution is 6.34. The fourth-order valence-electron chi connectivity index (χ4n) is 4.51. The van der Waals surface area contributed by atoms with Crippen molar-refractivity contribution in [3.05, 3.63) is 76.3 Å². The fourth-order valence-corrected chi connectivity index (χ4v) is 4.86. The van der Waals surface area contributed by atoms with Crippen LogP contribution in [0.3, 0.4) is 0 Å². The smallest absolute Gasteiger partial charge is 0.268 e. The Morgan fingerprint density at radius 2 is 1.81 bits per heavy atom. The topological polar surface area (TPSA) is 86.9 Å². The molecule has 0 bridgehead atoms. The van der Waals surface area contributed by atoms with Crippen LogP contribution in [0.1, 0.15) is 35.3 Å². The summed E-state index contributed by atoms with van der Waals surface area (Å²) in [7, 11) is 0. The van der Waals surface area contributed by atoms with Crippen molar-refractivity contribution in [3.63, 3.8) is 0 Å². The molecule has 1 aliphatic rings. The average Bonchev–Trinajstić information content (AvgIpc) is 3.01. The minimum atomic E-state index is -1.98. The molecule has 0 fully saturated rings. The van der Waals surface area contributed by atoms with Gasteiger partial charge in [-0.3, -0.25) is 9.59 Å². The first-order valence-corrected chi connectivity index (χ1v) is 11.1. The molecular formula is C25H26ClN3O3. The number of hydrogen-bond acceptors (Lipinski definition) is 4. The van der Waals surface area contributed by atoms with Gasteiger partial charge in [0.15, 0.2) is 5.60 Å². The highest BCUT2D eigenvalue weighted by Crippen LogP contribution is 2.49. The van der Waals surface area contributed by atoms with Gasteiger partial charge in [-0.1, -0.05) is 67.9 Å². The second-order valence-corrected chi connectivity index (χ2v) is 8.34. The summed E-state index contributed by atoms with van der Waals surface area (Å²) >= 11 is 6.60. The van der Waals surface area contributed by atoms with Crippen molar-refractivity contribution in [1.82, 2.24) is 4.90 Å². The monoisotopic (exact) mass is 451 g/mol. The van der Waals surface area contributed by atoms with Gasteiger partial charge >= 0.3 is 0 Å². The van der Waals surface area contributed by atoms with Crippen molar-refractivity contribution < 1.29 is 14.7 Å². The Morgan fingerprint density at radius 3 is 2.50 bits per heavy atom. The van der Waals surface area contributed by atoms with Gasteiger partial charge in [0.1, 0.15) is 0 Å². The minimum absolute atomic E-state index is 0.130. The van der Waals surface area contributed by atoms with Gasteiger partial charge in [0.2, 0.25) is 5.91 Å². The molecule has 7 heteroatoms. The van der Waals surface area contributed by atoms with Crippen molar-refractivity contribution in [1.29, 1.82) is 0 Å². The van der Waals surface area contributed by atoms with Gasteiger partial charge in [-0.05, 0) is 36.0 Å². The lowest BCUT2D eigenvalue weighted by Gasteiger charge is -2.27. The lowest BCUT2D eigenvalue weighted by atomic mass is 9.84. The maximum Gasteiger partial charge on any atom is 0.268 e. The number of amides is 2. The third kappa shape index (κ3) is 3.45. The Morgan fingerprint density at radius 1 is 1.12 bits per heavy atom. The highest BCUT2D eigenvalue weighted by Gasteiger charge is 2.53. The van der Waals surface area contributed by atoms with Crippen molar-refractivity contribution in [2.45, 2.75) is 19.4 Å². The standard InChI is InChI=1S/C25H26ClN3O3/c1-3-28(4-2)12-13-29-21-15-17(23(27)30)14-20(26)22(21)25(32,24(29)31)19-11-7-9-16-8-5-6-10-18(16)19/h5-11,14-15,32H,3-4,12-13H2,1-2H3,(H2,27,30). The summed E-state index contributed by atoms with van der Waals surface area (Å²) in [6, 6.07) is 16.0. The molecular weight excluding hydrogens is 426 g/mol. The first-order chi connectivity index (χ1) is 15.3. The molecule has 3 N–H and O–H groups in total. The molecule has 2 amide bonds. The molecule has 0 aromatic heterocycles. The quantitative estimate of drug-likeness (QED) is 0.575. The number of likely N-dealkylation sites (N-methyl/N-ethyl adjacent to an activating group) is 1. The van der Waals surface area contributed by atoms with Crippen molar-refractivity contribution in [3.8, 4) is 0 Å². The van der Waals surface area contributed by atoms with Crippen LogP contribution in [0.15, 0.2) is 54.6 Å². The Bertz CT molecular complexity index is 1200. The lowest BCUT2D eigenvalue weighted by Crippen LogP contribution is -2.44. The Balaban J connectivity index is 1.93. The predicted molar refractivity (Wildman–Crippen MR) is 127 cm³/mol. The number of anilines is 1. The molecule has 6 nitrogen and oxygen atoms in total. The van der Waals surface area contributed by atoms with Crippen molar-refractivity contribution in [2.24, 2.45) is 5.73 Å². The summed E-state index contributed by atoms with van der Waals surface area (Å²) in [4.78, 5) is 29.4. The molecule has 3 aromatic carbocycles. The van der Waals surface area contributed by atoms with E-state index < -0.39 is 17.4 Å². The predicted octanol–water partition coefficient (Wildman–Crippen LogP) is 3.52. The minimum Gasteiger partial charge on any atom is -0.372 e. The van der Waals surface area contributed by atoms with E-state index in [1.165, 1.54) is 11.0 Å². The molecule has 1 aliphatic heterocycles. The third-order valence-electron chi connectivity index (χ3n) is 6.27. The molecule has 1 atom stereocenters. The zero-order valence-electron chi connectivity index (χ0n) is 18.1. The van der Waals surface area contributed by atoms with Crippen molar-refractivity contribution in [2.75, 3.05) is 31.1 Å². The van der Waals surface area contributed by atoms with Crippen LogP contribution in [0.2, 0.25) is 5.02 Å². The number of benzene rings is 3. The molecule has 3 aromatic rings. The highest BCUT2D eigenvalue weighted by atomic mass is 35.5. The maximum atomic E-state index is 13.8. The fraction of sp³-hybridized carbons (Fsp3) is 0.280. The molecule has 0 radical (unpaired) electrons. The number of halogens is 1. The summed E-state index contributed by atoms with van der Waals surface area (Å²) in [5.41, 5.74) is 4.87. The normalized spacial score (nSPS) is 17.9. The van der Waals surface area contributed by atoms with Gasteiger partial charge in [-0.15, -0.1) is 0 Å². The van der Waals surface area contributed by atoms with E-state index in [0.717, 1.165) is 23.9 Å². The first kappa shape index (κ1) is 22.3. The number of primary amides is 1. The number of nitrogens with two attached hydrogens (primary N) is 1. The summed E-state index contributed by atoms with van der Waals surface area (Å²) in [6.07, 6.45) is 0. The van der Waals surface area contributed by atoms with E-state index in [9.17, 15) is 14.7 Å². The van der Waals surface area contributed by atoms with Crippen LogP contribution in [0, 0.1) is 0 Å². The van der Waals surface area contributed by atoms with Gasteiger partial charge in [-0.25, -0.2) is 0 Å². The summed E-state index contributed by atoms with van der Waals surface area (Å²) in [6.45, 7) is 6.74. The average molecular weight is 452 g/mol. The molecule has 1 unspecified atom stereocenters. The maximum absolute atomic E-state index is 13.8. The van der Waals surface area contributed by atoms with Gasteiger partial charge in [0, 0.05) is 29.8 Å².